The van der Waals surface area contributed by atoms with Crippen molar-refractivity contribution in [2.75, 3.05) is 18.4 Å². The largest absolute Gasteiger partial charge is 0.325 e. The number of anilines is 1. The Labute approximate surface area is 106 Å². The molecule has 1 aliphatic heterocycles. The number of aromatic nitrogens is 1. The maximum atomic E-state index is 12.2. The molecule has 1 saturated heterocycles. The zero-order valence-corrected chi connectivity index (χ0v) is 10.5. The summed E-state index contributed by atoms with van der Waals surface area (Å²) in [5.74, 6) is 0.0567. The number of amides is 1. The predicted octanol–water partition coefficient (Wildman–Crippen LogP) is 2.06. The van der Waals surface area contributed by atoms with Gasteiger partial charge in [0.2, 0.25) is 5.91 Å². The highest BCUT2D eigenvalue weighted by molar-refractivity contribution is 6.29. The molecule has 2 N–H and O–H groups in total. The van der Waals surface area contributed by atoms with Gasteiger partial charge in [0.15, 0.2) is 0 Å². The molecule has 0 saturated carbocycles. The molecule has 0 spiro atoms. The first kappa shape index (κ1) is 12.3. The topological polar surface area (TPSA) is 54.0 Å². The predicted molar refractivity (Wildman–Crippen MR) is 68.1 cm³/mol. The molecular formula is C12H16ClN3O. The van der Waals surface area contributed by atoms with E-state index in [4.69, 9.17) is 11.6 Å². The van der Waals surface area contributed by atoms with Crippen LogP contribution in [0.4, 0.5) is 5.69 Å². The van der Waals surface area contributed by atoms with E-state index in [-0.39, 0.29) is 11.3 Å². The molecule has 1 aromatic rings. The van der Waals surface area contributed by atoms with Gasteiger partial charge in [0.1, 0.15) is 5.15 Å². The molecular weight excluding hydrogens is 238 g/mol. The fraction of sp³-hybridized carbons (Fsp3) is 0.500. The first-order chi connectivity index (χ1) is 8.10. The average Bonchev–Trinajstić information content (AvgIpc) is 2.30. The van der Waals surface area contributed by atoms with Crippen molar-refractivity contribution < 1.29 is 4.79 Å². The number of piperidine rings is 1. The number of hydrogen-bond acceptors (Lipinski definition) is 3. The molecule has 0 bridgehead atoms. The zero-order chi connectivity index (χ0) is 12.3. The van der Waals surface area contributed by atoms with Gasteiger partial charge in [-0.2, -0.15) is 0 Å². The molecule has 0 aromatic carbocycles. The van der Waals surface area contributed by atoms with Gasteiger partial charge in [-0.15, -0.1) is 0 Å². The van der Waals surface area contributed by atoms with E-state index in [2.05, 4.69) is 15.6 Å². The molecule has 1 aromatic heterocycles. The molecule has 4 nitrogen and oxygen atoms in total. The SMILES string of the molecule is CC1(C(=O)Nc2ccnc(Cl)c2)CCNCC1. The number of pyridine rings is 1. The molecule has 2 rings (SSSR count). The van der Waals surface area contributed by atoms with Crippen molar-refractivity contribution in [3.63, 3.8) is 0 Å². The Morgan fingerprint density at radius 2 is 2.24 bits per heavy atom. The summed E-state index contributed by atoms with van der Waals surface area (Å²) < 4.78 is 0. The van der Waals surface area contributed by atoms with Crippen LogP contribution in [0.1, 0.15) is 19.8 Å². The average molecular weight is 254 g/mol. The van der Waals surface area contributed by atoms with Crippen LogP contribution in [0.25, 0.3) is 0 Å². The summed E-state index contributed by atoms with van der Waals surface area (Å²) in [4.78, 5) is 16.1. The van der Waals surface area contributed by atoms with Crippen LogP contribution in [-0.2, 0) is 4.79 Å². The summed E-state index contributed by atoms with van der Waals surface area (Å²) in [6, 6.07) is 3.40. The lowest BCUT2D eigenvalue weighted by Gasteiger charge is -2.32. The maximum Gasteiger partial charge on any atom is 0.230 e. The lowest BCUT2D eigenvalue weighted by molar-refractivity contribution is -0.126. The van der Waals surface area contributed by atoms with E-state index in [0.717, 1.165) is 25.9 Å². The molecule has 2 heterocycles. The van der Waals surface area contributed by atoms with Gasteiger partial charge in [-0.1, -0.05) is 18.5 Å². The summed E-state index contributed by atoms with van der Waals surface area (Å²) in [5.41, 5.74) is 0.413. The van der Waals surface area contributed by atoms with Gasteiger partial charge in [0.25, 0.3) is 0 Å². The highest BCUT2D eigenvalue weighted by atomic mass is 35.5. The van der Waals surface area contributed by atoms with Crippen LogP contribution in [0.5, 0.6) is 0 Å². The van der Waals surface area contributed by atoms with Gasteiger partial charge in [0, 0.05) is 17.3 Å². The number of hydrogen-bond donors (Lipinski definition) is 2. The van der Waals surface area contributed by atoms with Gasteiger partial charge >= 0.3 is 0 Å². The fourth-order valence-electron chi connectivity index (χ4n) is 1.97. The second-order valence-electron chi connectivity index (χ2n) is 4.63. The van der Waals surface area contributed by atoms with Crippen LogP contribution in [0.2, 0.25) is 5.15 Å². The van der Waals surface area contributed by atoms with E-state index in [0.29, 0.717) is 10.8 Å². The Morgan fingerprint density at radius 1 is 1.53 bits per heavy atom. The number of carbonyl (C=O) groups excluding carboxylic acids is 1. The van der Waals surface area contributed by atoms with Crippen molar-refractivity contribution >= 4 is 23.2 Å². The fourth-order valence-corrected chi connectivity index (χ4v) is 2.14. The first-order valence-corrected chi connectivity index (χ1v) is 6.12. The molecule has 0 atom stereocenters. The standard InChI is InChI=1S/C12H16ClN3O/c1-12(3-6-14-7-4-12)11(17)16-9-2-5-15-10(13)8-9/h2,5,8,14H,3-4,6-7H2,1H3,(H,15,16,17). The van der Waals surface area contributed by atoms with Crippen molar-refractivity contribution in [3.8, 4) is 0 Å². The van der Waals surface area contributed by atoms with E-state index in [1.807, 2.05) is 6.92 Å². The molecule has 0 radical (unpaired) electrons. The van der Waals surface area contributed by atoms with Gasteiger partial charge < -0.3 is 10.6 Å². The smallest absolute Gasteiger partial charge is 0.230 e. The van der Waals surface area contributed by atoms with Crippen LogP contribution in [0.15, 0.2) is 18.3 Å². The highest BCUT2D eigenvalue weighted by Crippen LogP contribution is 2.29. The summed E-state index contributed by atoms with van der Waals surface area (Å²) in [7, 11) is 0. The minimum absolute atomic E-state index is 0.0567. The van der Waals surface area contributed by atoms with E-state index >= 15 is 0 Å². The monoisotopic (exact) mass is 253 g/mol. The molecule has 1 aliphatic rings. The van der Waals surface area contributed by atoms with Gasteiger partial charge in [-0.25, -0.2) is 4.98 Å². The summed E-state index contributed by atoms with van der Waals surface area (Å²) in [5, 5.41) is 6.55. The Hall–Kier alpha value is -1.13. The molecule has 1 fully saturated rings. The van der Waals surface area contributed by atoms with Crippen molar-refractivity contribution in [1.29, 1.82) is 0 Å². The Bertz CT molecular complexity index is 416. The van der Waals surface area contributed by atoms with Crippen molar-refractivity contribution in [3.05, 3.63) is 23.5 Å². The van der Waals surface area contributed by atoms with E-state index in [9.17, 15) is 4.79 Å². The number of carbonyl (C=O) groups is 1. The Kier molecular flexibility index (Phi) is 3.64. The lowest BCUT2D eigenvalue weighted by Crippen LogP contribution is -2.42. The number of nitrogens with zero attached hydrogens (tertiary/aromatic N) is 1. The second-order valence-corrected chi connectivity index (χ2v) is 5.02. The van der Waals surface area contributed by atoms with Crippen LogP contribution in [0.3, 0.4) is 0 Å². The highest BCUT2D eigenvalue weighted by Gasteiger charge is 2.34. The summed E-state index contributed by atoms with van der Waals surface area (Å²) in [6.45, 7) is 3.79. The van der Waals surface area contributed by atoms with E-state index in [1.54, 1.807) is 18.3 Å². The van der Waals surface area contributed by atoms with Gasteiger partial charge in [-0.3, -0.25) is 4.79 Å². The molecule has 1 amide bonds. The summed E-state index contributed by atoms with van der Waals surface area (Å²) >= 11 is 5.78. The quantitative estimate of drug-likeness (QED) is 0.794. The summed E-state index contributed by atoms with van der Waals surface area (Å²) in [6.07, 6.45) is 3.30. The van der Waals surface area contributed by atoms with Gasteiger partial charge in [-0.05, 0) is 38.1 Å². The molecule has 5 heteroatoms. The van der Waals surface area contributed by atoms with Gasteiger partial charge in [0.05, 0.1) is 0 Å². The van der Waals surface area contributed by atoms with Crippen LogP contribution >= 0.6 is 11.6 Å². The maximum absolute atomic E-state index is 12.2. The third-order valence-corrected chi connectivity index (χ3v) is 3.45. The van der Waals surface area contributed by atoms with Crippen molar-refractivity contribution in [2.45, 2.75) is 19.8 Å². The molecule has 0 aliphatic carbocycles. The molecule has 0 unspecified atom stereocenters. The normalized spacial score (nSPS) is 18.7. The van der Waals surface area contributed by atoms with E-state index < -0.39 is 0 Å². The zero-order valence-electron chi connectivity index (χ0n) is 9.79. The van der Waals surface area contributed by atoms with Crippen LogP contribution < -0.4 is 10.6 Å². The van der Waals surface area contributed by atoms with Crippen molar-refractivity contribution in [1.82, 2.24) is 10.3 Å². The van der Waals surface area contributed by atoms with Crippen molar-refractivity contribution in [2.24, 2.45) is 5.41 Å². The number of nitrogens with one attached hydrogen (secondary N) is 2. The first-order valence-electron chi connectivity index (χ1n) is 5.74. The van der Waals surface area contributed by atoms with Crippen LogP contribution in [0, 0.1) is 5.41 Å². The second kappa shape index (κ2) is 5.02. The third-order valence-electron chi connectivity index (χ3n) is 3.24. The lowest BCUT2D eigenvalue weighted by atomic mass is 9.80. The molecule has 92 valence electrons. The minimum Gasteiger partial charge on any atom is -0.325 e. The van der Waals surface area contributed by atoms with Crippen LogP contribution in [-0.4, -0.2) is 24.0 Å². The number of rotatable bonds is 2. The van der Waals surface area contributed by atoms with E-state index in [1.165, 1.54) is 0 Å². The Balaban J connectivity index is 2.05. The Morgan fingerprint density at radius 3 is 2.88 bits per heavy atom. The minimum atomic E-state index is -0.291. The number of halogens is 1. The third kappa shape index (κ3) is 2.96. The molecule has 17 heavy (non-hydrogen) atoms.